The lowest BCUT2D eigenvalue weighted by Gasteiger charge is -2.18. The smallest absolute Gasteiger partial charge is 0.251 e. The predicted octanol–water partition coefficient (Wildman–Crippen LogP) is 3.60. The summed E-state index contributed by atoms with van der Waals surface area (Å²) < 4.78 is 0. The minimum atomic E-state index is -0.537. The van der Waals surface area contributed by atoms with Crippen LogP contribution in [0, 0.1) is 5.41 Å². The third-order valence-electron chi connectivity index (χ3n) is 4.15. The van der Waals surface area contributed by atoms with Crippen molar-refractivity contribution in [2.24, 2.45) is 5.41 Å². The van der Waals surface area contributed by atoms with Crippen LogP contribution >= 0.6 is 0 Å². The van der Waals surface area contributed by atoms with E-state index < -0.39 is 5.41 Å². The Bertz CT molecular complexity index is 869. The van der Waals surface area contributed by atoms with Crippen molar-refractivity contribution in [2.45, 2.75) is 34.1 Å². The summed E-state index contributed by atoms with van der Waals surface area (Å²) in [6, 6.07) is 14.2. The van der Waals surface area contributed by atoms with Crippen LogP contribution in [0.1, 0.15) is 43.6 Å². The number of aryl methyl sites for hydroxylation is 1. The number of benzene rings is 2. The highest BCUT2D eigenvalue weighted by Crippen LogP contribution is 2.18. The van der Waals surface area contributed by atoms with Crippen molar-refractivity contribution in [1.82, 2.24) is 5.32 Å². The fourth-order valence-corrected chi connectivity index (χ4v) is 2.46. The number of carbonyl (C=O) groups is 3. The van der Waals surface area contributed by atoms with Gasteiger partial charge < -0.3 is 16.0 Å². The van der Waals surface area contributed by atoms with Crippen LogP contribution in [-0.2, 0) is 16.0 Å². The average molecular weight is 381 g/mol. The van der Waals surface area contributed by atoms with Gasteiger partial charge in [0, 0.05) is 22.4 Å². The van der Waals surface area contributed by atoms with E-state index in [0.717, 1.165) is 17.7 Å². The predicted molar refractivity (Wildman–Crippen MR) is 111 cm³/mol. The number of nitrogens with one attached hydrogen (secondary N) is 3. The molecule has 0 saturated carbocycles. The van der Waals surface area contributed by atoms with Crippen LogP contribution in [-0.4, -0.2) is 24.3 Å². The second kappa shape index (κ2) is 9.17. The molecule has 0 fully saturated rings. The van der Waals surface area contributed by atoms with E-state index in [1.807, 2.05) is 52.0 Å². The lowest BCUT2D eigenvalue weighted by Crippen LogP contribution is -2.33. The van der Waals surface area contributed by atoms with Crippen LogP contribution < -0.4 is 16.0 Å². The molecule has 2 rings (SSSR count). The SMILES string of the molecule is CCc1ccccc1NC(=O)CNC(=O)c1cccc(NC(=O)C(C)(C)C)c1. The molecule has 0 bridgehead atoms. The lowest BCUT2D eigenvalue weighted by atomic mass is 9.95. The molecule has 28 heavy (non-hydrogen) atoms. The first-order chi connectivity index (χ1) is 13.2. The molecule has 2 aromatic carbocycles. The average Bonchev–Trinajstić information content (AvgIpc) is 2.66. The summed E-state index contributed by atoms with van der Waals surface area (Å²) >= 11 is 0. The van der Waals surface area contributed by atoms with Crippen LogP contribution in [0.25, 0.3) is 0 Å². The van der Waals surface area contributed by atoms with Crippen molar-refractivity contribution in [3.05, 3.63) is 59.7 Å². The molecule has 0 radical (unpaired) electrons. The Morgan fingerprint density at radius 2 is 1.64 bits per heavy atom. The van der Waals surface area contributed by atoms with Gasteiger partial charge in [0.15, 0.2) is 0 Å². The van der Waals surface area contributed by atoms with Crippen LogP contribution in [0.4, 0.5) is 11.4 Å². The molecule has 6 heteroatoms. The summed E-state index contributed by atoms with van der Waals surface area (Å²) in [5.41, 5.74) is 2.15. The van der Waals surface area contributed by atoms with Gasteiger partial charge in [-0.05, 0) is 36.2 Å². The third-order valence-corrected chi connectivity index (χ3v) is 4.15. The summed E-state index contributed by atoms with van der Waals surface area (Å²) in [5, 5.41) is 8.20. The Labute approximate surface area is 165 Å². The van der Waals surface area contributed by atoms with Gasteiger partial charge in [0.25, 0.3) is 5.91 Å². The van der Waals surface area contributed by atoms with Crippen molar-refractivity contribution >= 4 is 29.1 Å². The number of hydrogen-bond donors (Lipinski definition) is 3. The maximum atomic E-state index is 12.4. The van der Waals surface area contributed by atoms with Crippen LogP contribution in [0.2, 0.25) is 0 Å². The quantitative estimate of drug-likeness (QED) is 0.714. The van der Waals surface area contributed by atoms with Crippen LogP contribution in [0.15, 0.2) is 48.5 Å². The minimum absolute atomic E-state index is 0.140. The molecule has 0 aliphatic heterocycles. The van der Waals surface area contributed by atoms with E-state index in [4.69, 9.17) is 0 Å². The topological polar surface area (TPSA) is 87.3 Å². The first-order valence-corrected chi connectivity index (χ1v) is 9.28. The molecule has 148 valence electrons. The molecule has 0 spiro atoms. The monoisotopic (exact) mass is 381 g/mol. The molecule has 0 heterocycles. The largest absolute Gasteiger partial charge is 0.343 e. The van der Waals surface area contributed by atoms with Gasteiger partial charge in [0.1, 0.15) is 0 Å². The maximum absolute atomic E-state index is 12.4. The van der Waals surface area contributed by atoms with Crippen LogP contribution in [0.5, 0.6) is 0 Å². The van der Waals surface area contributed by atoms with Gasteiger partial charge in [0.05, 0.1) is 6.54 Å². The summed E-state index contributed by atoms with van der Waals surface area (Å²) in [4.78, 5) is 36.6. The number of anilines is 2. The number of amides is 3. The minimum Gasteiger partial charge on any atom is -0.343 e. The molecule has 0 saturated heterocycles. The fraction of sp³-hybridized carbons (Fsp3) is 0.318. The van der Waals surface area contributed by atoms with Gasteiger partial charge in [-0.3, -0.25) is 14.4 Å². The van der Waals surface area contributed by atoms with E-state index in [1.54, 1.807) is 24.3 Å². The highest BCUT2D eigenvalue weighted by atomic mass is 16.2. The Hall–Kier alpha value is -3.15. The molecule has 0 aromatic heterocycles. The third kappa shape index (κ3) is 5.94. The Balaban J connectivity index is 1.95. The molecule has 0 atom stereocenters. The van der Waals surface area contributed by atoms with Crippen molar-refractivity contribution in [3.63, 3.8) is 0 Å². The van der Waals surface area contributed by atoms with E-state index in [0.29, 0.717) is 11.3 Å². The van der Waals surface area contributed by atoms with E-state index >= 15 is 0 Å². The summed E-state index contributed by atoms with van der Waals surface area (Å²) in [6.45, 7) is 7.31. The summed E-state index contributed by atoms with van der Waals surface area (Å²) in [5.74, 6) is -0.823. The molecule has 2 aromatic rings. The van der Waals surface area contributed by atoms with Gasteiger partial charge >= 0.3 is 0 Å². The Kier molecular flexibility index (Phi) is 6.93. The van der Waals surface area contributed by atoms with Crippen molar-refractivity contribution in [3.8, 4) is 0 Å². The van der Waals surface area contributed by atoms with Gasteiger partial charge in [-0.2, -0.15) is 0 Å². The number of hydrogen-bond acceptors (Lipinski definition) is 3. The first-order valence-electron chi connectivity index (χ1n) is 9.28. The number of para-hydroxylation sites is 1. The fourth-order valence-electron chi connectivity index (χ4n) is 2.46. The standard InChI is InChI=1S/C22H27N3O3/c1-5-15-9-6-7-12-18(15)25-19(26)14-23-20(27)16-10-8-11-17(13-16)24-21(28)22(2,3)4/h6-13H,5,14H2,1-4H3,(H,23,27)(H,24,28)(H,25,26). The first kappa shape index (κ1) is 21.2. The van der Waals surface area contributed by atoms with E-state index in [2.05, 4.69) is 16.0 Å². The van der Waals surface area contributed by atoms with Crippen LogP contribution in [0.3, 0.4) is 0 Å². The summed E-state index contributed by atoms with van der Waals surface area (Å²) in [6.07, 6.45) is 0.801. The number of carbonyl (C=O) groups excluding carboxylic acids is 3. The molecule has 0 aliphatic rings. The molecule has 0 unspecified atom stereocenters. The Morgan fingerprint density at radius 1 is 0.929 bits per heavy atom. The molecule has 6 nitrogen and oxygen atoms in total. The van der Waals surface area contributed by atoms with E-state index in [-0.39, 0.29) is 24.3 Å². The highest BCUT2D eigenvalue weighted by molar-refractivity contribution is 6.01. The Morgan fingerprint density at radius 3 is 2.32 bits per heavy atom. The summed E-state index contributed by atoms with van der Waals surface area (Å²) in [7, 11) is 0. The lowest BCUT2D eigenvalue weighted by molar-refractivity contribution is -0.123. The van der Waals surface area contributed by atoms with Gasteiger partial charge in [-0.25, -0.2) is 0 Å². The molecular formula is C22H27N3O3. The molecule has 3 N–H and O–H groups in total. The van der Waals surface area contributed by atoms with Gasteiger partial charge in [0.2, 0.25) is 11.8 Å². The van der Waals surface area contributed by atoms with E-state index in [1.165, 1.54) is 0 Å². The highest BCUT2D eigenvalue weighted by Gasteiger charge is 2.21. The zero-order valence-corrected chi connectivity index (χ0v) is 16.8. The molecule has 0 aliphatic carbocycles. The molecular weight excluding hydrogens is 354 g/mol. The van der Waals surface area contributed by atoms with Crippen molar-refractivity contribution in [1.29, 1.82) is 0 Å². The second-order valence-corrected chi connectivity index (χ2v) is 7.53. The van der Waals surface area contributed by atoms with Gasteiger partial charge in [-0.15, -0.1) is 0 Å². The zero-order valence-electron chi connectivity index (χ0n) is 16.8. The van der Waals surface area contributed by atoms with Gasteiger partial charge in [-0.1, -0.05) is 52.0 Å². The maximum Gasteiger partial charge on any atom is 0.251 e. The molecule has 3 amide bonds. The van der Waals surface area contributed by atoms with Crippen molar-refractivity contribution in [2.75, 3.05) is 17.2 Å². The van der Waals surface area contributed by atoms with E-state index in [9.17, 15) is 14.4 Å². The normalized spacial score (nSPS) is 10.9. The second-order valence-electron chi connectivity index (χ2n) is 7.53. The van der Waals surface area contributed by atoms with Crippen molar-refractivity contribution < 1.29 is 14.4 Å². The zero-order chi connectivity index (χ0) is 20.7. The number of rotatable bonds is 6.